The highest BCUT2D eigenvalue weighted by molar-refractivity contribution is 9.10. The van der Waals surface area contributed by atoms with Crippen molar-refractivity contribution in [3.63, 3.8) is 0 Å². The van der Waals surface area contributed by atoms with Crippen molar-refractivity contribution >= 4 is 33.6 Å². The van der Waals surface area contributed by atoms with Crippen LogP contribution in [-0.4, -0.2) is 23.7 Å². The summed E-state index contributed by atoms with van der Waals surface area (Å²) in [5.41, 5.74) is 1.15. The lowest BCUT2D eigenvalue weighted by molar-refractivity contribution is -0.156. The normalized spacial score (nSPS) is 14.3. The number of amides is 1. The quantitative estimate of drug-likeness (QED) is 0.508. The van der Waals surface area contributed by atoms with Gasteiger partial charge in [-0.1, -0.05) is 58.4 Å². The van der Waals surface area contributed by atoms with E-state index in [2.05, 4.69) is 21.2 Å². The Morgan fingerprint density at radius 2 is 1.67 bits per heavy atom. The summed E-state index contributed by atoms with van der Waals surface area (Å²) in [7, 11) is 0. The molecule has 6 heteroatoms. The number of carbonyl (C=O) groups excluding carboxylic acids is 3. The molecule has 1 N–H and O–H groups in total. The number of benzene rings is 2. The molecule has 2 aromatic rings. The second kappa shape index (κ2) is 8.95. The van der Waals surface area contributed by atoms with Gasteiger partial charge >= 0.3 is 5.97 Å². The summed E-state index contributed by atoms with van der Waals surface area (Å²) in [6, 6.07) is 16.0. The summed E-state index contributed by atoms with van der Waals surface area (Å²) < 4.78 is 6.30. The standard InChI is InChI=1S/C21H20BrNO4/c22-16-8-6-14(7-9-16)18(24)12-13-19(25)27-20(15-4-2-1-3-5-15)21(26)23-17-10-11-17/h1-9,17,20H,10-13H2,(H,23,26). The van der Waals surface area contributed by atoms with E-state index in [1.165, 1.54) is 0 Å². The van der Waals surface area contributed by atoms with Crippen molar-refractivity contribution in [1.29, 1.82) is 0 Å². The second-order valence-electron chi connectivity index (χ2n) is 6.49. The van der Waals surface area contributed by atoms with Gasteiger partial charge in [-0.05, 0) is 25.0 Å². The second-order valence-corrected chi connectivity index (χ2v) is 7.41. The summed E-state index contributed by atoms with van der Waals surface area (Å²) in [5, 5.41) is 2.87. The molecular formula is C21H20BrNO4. The molecule has 0 aliphatic heterocycles. The maximum atomic E-state index is 12.5. The van der Waals surface area contributed by atoms with Gasteiger partial charge in [0, 0.05) is 28.1 Å². The van der Waals surface area contributed by atoms with Crippen molar-refractivity contribution < 1.29 is 19.1 Å². The van der Waals surface area contributed by atoms with Gasteiger partial charge in [0.2, 0.25) is 6.10 Å². The summed E-state index contributed by atoms with van der Waals surface area (Å²) >= 11 is 3.32. The van der Waals surface area contributed by atoms with Gasteiger partial charge in [-0.15, -0.1) is 0 Å². The molecular weight excluding hydrogens is 410 g/mol. The Labute approximate surface area is 166 Å². The van der Waals surface area contributed by atoms with Gasteiger partial charge in [0.1, 0.15) is 0 Å². The fourth-order valence-corrected chi connectivity index (χ4v) is 2.86. The Balaban J connectivity index is 1.59. The van der Waals surface area contributed by atoms with E-state index in [-0.39, 0.29) is 30.6 Å². The van der Waals surface area contributed by atoms with Crippen LogP contribution in [0, 0.1) is 0 Å². The number of esters is 1. The van der Waals surface area contributed by atoms with E-state index >= 15 is 0 Å². The van der Waals surface area contributed by atoms with E-state index in [0.717, 1.165) is 17.3 Å². The van der Waals surface area contributed by atoms with Crippen LogP contribution in [0.1, 0.15) is 47.7 Å². The first-order valence-electron chi connectivity index (χ1n) is 8.86. The van der Waals surface area contributed by atoms with Crippen LogP contribution >= 0.6 is 15.9 Å². The number of halogens is 1. The Morgan fingerprint density at radius 1 is 1.00 bits per heavy atom. The average Bonchev–Trinajstić information content (AvgIpc) is 3.49. The lowest BCUT2D eigenvalue weighted by Crippen LogP contribution is -2.33. The van der Waals surface area contributed by atoms with Crippen molar-refractivity contribution in [3.8, 4) is 0 Å². The zero-order valence-electron chi connectivity index (χ0n) is 14.7. The highest BCUT2D eigenvalue weighted by Gasteiger charge is 2.30. The fourth-order valence-electron chi connectivity index (χ4n) is 2.59. The number of carbonyl (C=O) groups is 3. The molecule has 2 aromatic carbocycles. The number of hydrogen-bond acceptors (Lipinski definition) is 4. The number of hydrogen-bond donors (Lipinski definition) is 1. The number of ether oxygens (including phenoxy) is 1. The van der Waals surface area contributed by atoms with E-state index in [0.29, 0.717) is 11.1 Å². The molecule has 0 spiro atoms. The van der Waals surface area contributed by atoms with Crippen molar-refractivity contribution in [3.05, 3.63) is 70.2 Å². The van der Waals surface area contributed by atoms with Crippen molar-refractivity contribution in [2.75, 3.05) is 0 Å². The van der Waals surface area contributed by atoms with Gasteiger partial charge in [0.05, 0.1) is 6.42 Å². The number of ketones is 1. The van der Waals surface area contributed by atoms with Gasteiger partial charge in [0.25, 0.3) is 5.91 Å². The minimum atomic E-state index is -0.998. The smallest absolute Gasteiger partial charge is 0.307 e. The van der Waals surface area contributed by atoms with Gasteiger partial charge < -0.3 is 10.1 Å². The van der Waals surface area contributed by atoms with Gasteiger partial charge in [0.15, 0.2) is 5.78 Å². The largest absolute Gasteiger partial charge is 0.447 e. The minimum absolute atomic E-state index is 0.0339. The molecule has 0 heterocycles. The zero-order valence-corrected chi connectivity index (χ0v) is 16.3. The molecule has 1 aliphatic rings. The molecule has 5 nitrogen and oxygen atoms in total. The maximum Gasteiger partial charge on any atom is 0.307 e. The van der Waals surface area contributed by atoms with E-state index in [1.54, 1.807) is 48.5 Å². The Hall–Kier alpha value is -2.47. The monoisotopic (exact) mass is 429 g/mol. The van der Waals surface area contributed by atoms with Crippen molar-refractivity contribution in [1.82, 2.24) is 5.32 Å². The Kier molecular flexibility index (Phi) is 6.40. The van der Waals surface area contributed by atoms with E-state index in [9.17, 15) is 14.4 Å². The van der Waals surface area contributed by atoms with Crippen LogP contribution < -0.4 is 5.32 Å². The maximum absolute atomic E-state index is 12.5. The van der Waals surface area contributed by atoms with Crippen LogP contribution in [0.5, 0.6) is 0 Å². The van der Waals surface area contributed by atoms with Crippen LogP contribution in [0.4, 0.5) is 0 Å². The highest BCUT2D eigenvalue weighted by atomic mass is 79.9. The average molecular weight is 430 g/mol. The lowest BCUT2D eigenvalue weighted by Gasteiger charge is -2.18. The van der Waals surface area contributed by atoms with Crippen LogP contribution in [0.25, 0.3) is 0 Å². The zero-order chi connectivity index (χ0) is 19.2. The molecule has 0 saturated heterocycles. The summed E-state index contributed by atoms with van der Waals surface area (Å²) in [6.07, 6.45) is 0.856. The van der Waals surface area contributed by atoms with Gasteiger partial charge in [-0.3, -0.25) is 14.4 Å². The molecule has 27 heavy (non-hydrogen) atoms. The van der Waals surface area contributed by atoms with Crippen LogP contribution in [0.2, 0.25) is 0 Å². The SMILES string of the molecule is O=C(CCC(=O)c1ccc(Br)cc1)OC(C(=O)NC1CC1)c1ccccc1. The first-order valence-corrected chi connectivity index (χ1v) is 9.66. The van der Waals surface area contributed by atoms with Crippen LogP contribution in [-0.2, 0) is 14.3 Å². The fraction of sp³-hybridized carbons (Fsp3) is 0.286. The topological polar surface area (TPSA) is 72.5 Å². The van der Waals surface area contributed by atoms with Crippen LogP contribution in [0.3, 0.4) is 0 Å². The third kappa shape index (κ3) is 5.76. The van der Waals surface area contributed by atoms with Gasteiger partial charge in [-0.25, -0.2) is 0 Å². The summed E-state index contributed by atoms with van der Waals surface area (Å²) in [6.45, 7) is 0. The molecule has 0 aromatic heterocycles. The predicted molar refractivity (Wildman–Crippen MR) is 104 cm³/mol. The highest BCUT2D eigenvalue weighted by Crippen LogP contribution is 2.24. The third-order valence-electron chi connectivity index (χ3n) is 4.24. The van der Waals surface area contributed by atoms with Crippen molar-refractivity contribution in [2.24, 2.45) is 0 Å². The molecule has 1 unspecified atom stereocenters. The first kappa shape index (κ1) is 19.3. The molecule has 1 saturated carbocycles. The Morgan fingerprint density at radius 3 is 2.30 bits per heavy atom. The summed E-state index contributed by atoms with van der Waals surface area (Å²) in [5.74, 6) is -1.03. The van der Waals surface area contributed by atoms with Crippen molar-refractivity contribution in [2.45, 2.75) is 37.8 Å². The number of nitrogens with one attached hydrogen (secondary N) is 1. The van der Waals surface area contributed by atoms with Crippen LogP contribution in [0.15, 0.2) is 59.1 Å². The van der Waals surface area contributed by atoms with E-state index < -0.39 is 12.1 Å². The predicted octanol–water partition coefficient (Wildman–Crippen LogP) is 3.98. The molecule has 1 atom stereocenters. The van der Waals surface area contributed by atoms with Gasteiger partial charge in [-0.2, -0.15) is 0 Å². The third-order valence-corrected chi connectivity index (χ3v) is 4.76. The Bertz CT molecular complexity index is 816. The molecule has 0 bridgehead atoms. The molecule has 1 fully saturated rings. The summed E-state index contributed by atoms with van der Waals surface area (Å²) in [4.78, 5) is 36.9. The molecule has 3 rings (SSSR count). The molecule has 140 valence electrons. The molecule has 1 amide bonds. The first-order chi connectivity index (χ1) is 13.0. The minimum Gasteiger partial charge on any atom is -0.447 e. The lowest BCUT2D eigenvalue weighted by atomic mass is 10.1. The molecule has 0 radical (unpaired) electrons. The number of rotatable bonds is 8. The van der Waals surface area contributed by atoms with E-state index in [1.807, 2.05) is 6.07 Å². The molecule has 1 aliphatic carbocycles. The number of Topliss-reactive ketones (excluding diaryl/α,β-unsaturated/α-hetero) is 1. The van der Waals surface area contributed by atoms with E-state index in [4.69, 9.17) is 4.74 Å².